The Hall–Kier alpha value is -2.38. The average Bonchev–Trinajstić information content (AvgIpc) is 2.86. The van der Waals surface area contributed by atoms with E-state index in [1.165, 1.54) is 17.7 Å². The number of hydrazone groups is 1. The van der Waals surface area contributed by atoms with Crippen molar-refractivity contribution in [2.75, 3.05) is 5.43 Å². The maximum Gasteiger partial charge on any atom is 0.167 e. The second-order valence-corrected chi connectivity index (χ2v) is 5.47. The zero-order valence-electron chi connectivity index (χ0n) is 11.3. The van der Waals surface area contributed by atoms with Gasteiger partial charge in [0, 0.05) is 22.8 Å². The minimum absolute atomic E-state index is 0.00521. The smallest absolute Gasteiger partial charge is 0.167 e. The molecule has 0 amide bonds. The van der Waals surface area contributed by atoms with Gasteiger partial charge in [0.2, 0.25) is 0 Å². The number of pyridine rings is 1. The zero-order valence-corrected chi connectivity index (χ0v) is 12.1. The zero-order chi connectivity index (χ0) is 14.7. The molecule has 0 aliphatic rings. The van der Waals surface area contributed by atoms with Gasteiger partial charge < -0.3 is 5.11 Å². The maximum atomic E-state index is 9.34. The van der Waals surface area contributed by atoms with E-state index < -0.39 is 0 Å². The highest BCUT2D eigenvalue weighted by Gasteiger charge is 2.12. The highest BCUT2D eigenvalue weighted by molar-refractivity contribution is 7.19. The Morgan fingerprint density at radius 1 is 1.43 bits per heavy atom. The van der Waals surface area contributed by atoms with Crippen molar-refractivity contribution in [1.29, 1.82) is 0 Å². The minimum Gasteiger partial charge on any atom is -0.391 e. The van der Waals surface area contributed by atoms with Crippen LogP contribution in [0.5, 0.6) is 0 Å². The summed E-state index contributed by atoms with van der Waals surface area (Å²) in [6, 6.07) is 3.76. The van der Waals surface area contributed by atoms with Crippen molar-refractivity contribution in [2.45, 2.75) is 13.5 Å². The van der Waals surface area contributed by atoms with E-state index in [-0.39, 0.29) is 6.61 Å². The number of hydrogen-bond donors (Lipinski definition) is 2. The molecular formula is C14H13N5OS. The van der Waals surface area contributed by atoms with Gasteiger partial charge in [-0.15, -0.1) is 11.3 Å². The molecule has 3 rings (SSSR count). The van der Waals surface area contributed by atoms with E-state index in [0.717, 1.165) is 26.2 Å². The van der Waals surface area contributed by atoms with Gasteiger partial charge in [0.05, 0.1) is 23.0 Å². The maximum absolute atomic E-state index is 9.34. The summed E-state index contributed by atoms with van der Waals surface area (Å²) in [7, 11) is 0. The van der Waals surface area contributed by atoms with Crippen molar-refractivity contribution in [1.82, 2.24) is 15.0 Å². The Morgan fingerprint density at radius 2 is 2.33 bits per heavy atom. The van der Waals surface area contributed by atoms with E-state index in [0.29, 0.717) is 5.82 Å². The lowest BCUT2D eigenvalue weighted by Crippen LogP contribution is -1.94. The number of fused-ring (bicyclic) bond motifs is 1. The second-order valence-electron chi connectivity index (χ2n) is 4.36. The van der Waals surface area contributed by atoms with E-state index in [1.54, 1.807) is 18.6 Å². The summed E-state index contributed by atoms with van der Waals surface area (Å²) in [6.07, 6.45) is 6.60. The van der Waals surface area contributed by atoms with Gasteiger partial charge in [-0.3, -0.25) is 10.4 Å². The molecule has 2 N–H and O–H groups in total. The first kappa shape index (κ1) is 13.6. The van der Waals surface area contributed by atoms with Crippen molar-refractivity contribution in [3.05, 3.63) is 46.9 Å². The molecule has 21 heavy (non-hydrogen) atoms. The van der Waals surface area contributed by atoms with Gasteiger partial charge in [0.15, 0.2) is 5.82 Å². The van der Waals surface area contributed by atoms with Crippen LogP contribution in [0.1, 0.15) is 16.0 Å². The highest BCUT2D eigenvalue weighted by Crippen LogP contribution is 2.33. The van der Waals surface area contributed by atoms with Crippen LogP contribution in [0, 0.1) is 6.92 Å². The fourth-order valence-electron chi connectivity index (χ4n) is 1.92. The van der Waals surface area contributed by atoms with Crippen molar-refractivity contribution in [3.8, 4) is 0 Å². The van der Waals surface area contributed by atoms with Crippen molar-refractivity contribution >= 4 is 33.6 Å². The van der Waals surface area contributed by atoms with Crippen molar-refractivity contribution in [2.24, 2.45) is 5.10 Å². The summed E-state index contributed by atoms with van der Waals surface area (Å²) < 4.78 is 0.891. The quantitative estimate of drug-likeness (QED) is 0.570. The van der Waals surface area contributed by atoms with E-state index >= 15 is 0 Å². The van der Waals surface area contributed by atoms with Crippen LogP contribution in [0.3, 0.4) is 0 Å². The molecule has 0 atom stereocenters. The molecule has 0 radical (unpaired) electrons. The summed E-state index contributed by atoms with van der Waals surface area (Å²) in [5, 5.41) is 13.5. The Morgan fingerprint density at radius 3 is 3.10 bits per heavy atom. The Bertz CT molecular complexity index is 785. The Kier molecular flexibility index (Phi) is 3.85. The molecule has 0 aliphatic carbocycles. The van der Waals surface area contributed by atoms with Crippen LogP contribution in [0.2, 0.25) is 0 Å². The molecule has 0 saturated heterocycles. The summed E-state index contributed by atoms with van der Waals surface area (Å²) in [5.41, 5.74) is 5.65. The first-order chi connectivity index (χ1) is 10.3. The number of aliphatic hydroxyl groups excluding tert-OH is 1. The molecule has 106 valence electrons. The van der Waals surface area contributed by atoms with Crippen LogP contribution in [0.25, 0.3) is 10.2 Å². The number of hydrogen-bond acceptors (Lipinski definition) is 7. The standard InChI is InChI=1S/C14H13N5OS/c1-9-11(7-20)21-13-12(9)16-8-17-14(13)19-18-6-10-3-2-4-15-5-10/h2-6,8,20H,7H2,1H3,(H,16,17,19). The number of thiophene rings is 1. The molecule has 0 aliphatic heterocycles. The third kappa shape index (κ3) is 2.74. The monoisotopic (exact) mass is 299 g/mol. The third-order valence-corrected chi connectivity index (χ3v) is 4.29. The summed E-state index contributed by atoms with van der Waals surface area (Å²) in [6.45, 7) is 1.95. The molecule has 0 bridgehead atoms. The Balaban J connectivity index is 1.89. The van der Waals surface area contributed by atoms with Crippen LogP contribution >= 0.6 is 11.3 Å². The van der Waals surface area contributed by atoms with Gasteiger partial charge >= 0.3 is 0 Å². The molecule has 0 saturated carbocycles. The van der Waals surface area contributed by atoms with Crippen LogP contribution in [0.15, 0.2) is 36.0 Å². The Labute approximate surface area is 125 Å². The van der Waals surface area contributed by atoms with Gasteiger partial charge in [-0.25, -0.2) is 9.97 Å². The van der Waals surface area contributed by atoms with Crippen LogP contribution in [-0.4, -0.2) is 26.3 Å². The fourth-order valence-corrected chi connectivity index (χ4v) is 2.98. The van der Waals surface area contributed by atoms with Crippen LogP contribution < -0.4 is 5.43 Å². The van der Waals surface area contributed by atoms with Crippen molar-refractivity contribution in [3.63, 3.8) is 0 Å². The molecule has 0 unspecified atom stereocenters. The lowest BCUT2D eigenvalue weighted by molar-refractivity contribution is 0.285. The number of rotatable bonds is 4. The van der Waals surface area contributed by atoms with Crippen molar-refractivity contribution < 1.29 is 5.11 Å². The summed E-state index contributed by atoms with van der Waals surface area (Å²) in [4.78, 5) is 13.4. The third-order valence-electron chi connectivity index (χ3n) is 3.01. The molecule has 0 fully saturated rings. The highest BCUT2D eigenvalue weighted by atomic mass is 32.1. The topological polar surface area (TPSA) is 83.3 Å². The van der Waals surface area contributed by atoms with E-state index in [9.17, 15) is 5.11 Å². The van der Waals surface area contributed by atoms with Gasteiger partial charge in [-0.05, 0) is 18.6 Å². The largest absolute Gasteiger partial charge is 0.391 e. The molecular weight excluding hydrogens is 286 g/mol. The predicted octanol–water partition coefficient (Wildman–Crippen LogP) is 2.33. The number of aliphatic hydroxyl groups is 1. The number of aryl methyl sites for hydroxylation is 1. The van der Waals surface area contributed by atoms with E-state index in [1.807, 2.05) is 19.1 Å². The van der Waals surface area contributed by atoms with E-state index in [2.05, 4.69) is 25.5 Å². The molecule has 6 nitrogen and oxygen atoms in total. The van der Waals surface area contributed by atoms with Gasteiger partial charge in [0.1, 0.15) is 6.33 Å². The average molecular weight is 299 g/mol. The first-order valence-electron chi connectivity index (χ1n) is 6.32. The van der Waals surface area contributed by atoms with Crippen LogP contribution in [0.4, 0.5) is 5.82 Å². The normalized spacial score (nSPS) is 11.3. The minimum atomic E-state index is 0.00521. The predicted molar refractivity (Wildman–Crippen MR) is 83.5 cm³/mol. The summed E-state index contributed by atoms with van der Waals surface area (Å²) >= 11 is 1.47. The SMILES string of the molecule is Cc1c(CO)sc2c(NN=Cc3cccnc3)ncnc12. The molecule has 3 heterocycles. The molecule has 3 aromatic heterocycles. The first-order valence-corrected chi connectivity index (χ1v) is 7.14. The van der Waals surface area contributed by atoms with Gasteiger partial charge in [-0.1, -0.05) is 6.07 Å². The molecule has 0 aromatic carbocycles. The van der Waals surface area contributed by atoms with Gasteiger partial charge in [-0.2, -0.15) is 5.10 Å². The lowest BCUT2D eigenvalue weighted by Gasteiger charge is -2.00. The van der Waals surface area contributed by atoms with Gasteiger partial charge in [0.25, 0.3) is 0 Å². The number of aromatic nitrogens is 3. The number of nitrogens with one attached hydrogen (secondary N) is 1. The molecule has 7 heteroatoms. The van der Waals surface area contributed by atoms with Crippen LogP contribution in [-0.2, 0) is 6.61 Å². The number of anilines is 1. The summed E-state index contributed by atoms with van der Waals surface area (Å²) in [5.74, 6) is 0.632. The molecule has 0 spiro atoms. The molecule has 3 aromatic rings. The second kappa shape index (κ2) is 5.94. The van der Waals surface area contributed by atoms with E-state index in [4.69, 9.17) is 0 Å². The lowest BCUT2D eigenvalue weighted by atomic mass is 10.2. The number of nitrogens with zero attached hydrogens (tertiary/aromatic N) is 4. The fraction of sp³-hybridized carbons (Fsp3) is 0.143.